The van der Waals surface area contributed by atoms with E-state index in [4.69, 9.17) is 4.74 Å². The lowest BCUT2D eigenvalue weighted by Crippen LogP contribution is -2.29. The van der Waals surface area contributed by atoms with Crippen LogP contribution in [-0.2, 0) is 4.74 Å². The Kier molecular flexibility index (Phi) is 4.86. The number of nitro groups is 1. The maximum Gasteiger partial charge on any atom is 0.338 e. The Labute approximate surface area is 163 Å². The first-order valence-electron chi connectivity index (χ1n) is 9.57. The van der Waals surface area contributed by atoms with Crippen molar-refractivity contribution in [3.05, 3.63) is 81.4 Å². The van der Waals surface area contributed by atoms with Crippen molar-refractivity contribution < 1.29 is 14.5 Å². The lowest BCUT2D eigenvalue weighted by Gasteiger charge is -2.37. The first kappa shape index (κ1) is 18.2. The third kappa shape index (κ3) is 3.26. The number of esters is 1. The molecule has 0 spiro atoms. The minimum atomic E-state index is -0.382. The molecule has 2 aliphatic rings. The Morgan fingerprint density at radius 3 is 2.75 bits per heavy atom. The van der Waals surface area contributed by atoms with Gasteiger partial charge in [-0.3, -0.25) is 10.1 Å². The van der Waals surface area contributed by atoms with Crippen LogP contribution in [0.25, 0.3) is 0 Å². The monoisotopic (exact) mass is 378 g/mol. The molecule has 0 saturated heterocycles. The van der Waals surface area contributed by atoms with Gasteiger partial charge in [-0.15, -0.1) is 0 Å². The first-order valence-corrected chi connectivity index (χ1v) is 9.57. The van der Waals surface area contributed by atoms with Gasteiger partial charge in [0.15, 0.2) is 0 Å². The van der Waals surface area contributed by atoms with Gasteiger partial charge < -0.3 is 10.1 Å². The van der Waals surface area contributed by atoms with Gasteiger partial charge in [-0.2, -0.15) is 0 Å². The molecule has 28 heavy (non-hydrogen) atoms. The van der Waals surface area contributed by atoms with Crippen LogP contribution >= 0.6 is 0 Å². The van der Waals surface area contributed by atoms with Gasteiger partial charge in [0.1, 0.15) is 0 Å². The van der Waals surface area contributed by atoms with Gasteiger partial charge in [-0.25, -0.2) is 4.79 Å². The zero-order valence-electron chi connectivity index (χ0n) is 15.6. The number of benzene rings is 2. The van der Waals surface area contributed by atoms with E-state index in [9.17, 15) is 14.9 Å². The SMILES string of the molecule is CCCOC(=O)c1ccc2c(c1)C1C=CCC1C(c1ccc([N+](=O)[O-])cc1)N2. The third-order valence-corrected chi connectivity index (χ3v) is 5.50. The molecule has 1 heterocycles. The molecule has 0 aromatic heterocycles. The van der Waals surface area contributed by atoms with Crippen molar-refractivity contribution in [3.63, 3.8) is 0 Å². The minimum absolute atomic E-state index is 0.0613. The molecule has 1 aliphatic heterocycles. The predicted molar refractivity (Wildman–Crippen MR) is 106 cm³/mol. The number of hydrogen-bond acceptors (Lipinski definition) is 5. The Hall–Kier alpha value is -3.15. The van der Waals surface area contributed by atoms with Crippen molar-refractivity contribution in [1.29, 1.82) is 0 Å². The van der Waals surface area contributed by atoms with Gasteiger partial charge in [0.25, 0.3) is 5.69 Å². The summed E-state index contributed by atoms with van der Waals surface area (Å²) < 4.78 is 5.27. The summed E-state index contributed by atoms with van der Waals surface area (Å²) >= 11 is 0. The molecule has 2 aromatic rings. The van der Waals surface area contributed by atoms with E-state index in [1.165, 1.54) is 0 Å². The molecule has 2 aromatic carbocycles. The molecule has 3 atom stereocenters. The Morgan fingerprint density at radius 2 is 2.04 bits per heavy atom. The highest BCUT2D eigenvalue weighted by atomic mass is 16.6. The van der Waals surface area contributed by atoms with Gasteiger partial charge in [0.2, 0.25) is 0 Å². The lowest BCUT2D eigenvalue weighted by molar-refractivity contribution is -0.384. The number of anilines is 1. The van der Waals surface area contributed by atoms with E-state index >= 15 is 0 Å². The maximum absolute atomic E-state index is 12.2. The molecule has 4 rings (SSSR count). The number of ether oxygens (including phenoxy) is 1. The third-order valence-electron chi connectivity index (χ3n) is 5.50. The average molecular weight is 378 g/mol. The van der Waals surface area contributed by atoms with Crippen LogP contribution in [0.5, 0.6) is 0 Å². The standard InChI is InChI=1S/C22H22N2O4/c1-2-12-28-22(25)15-8-11-20-19(13-15)17-4-3-5-18(17)21(23-20)14-6-9-16(10-7-14)24(26)27/h3-4,6-11,13,17-18,21,23H,2,5,12H2,1H3. The summed E-state index contributed by atoms with van der Waals surface area (Å²) in [5.74, 6) is 0.215. The molecule has 0 amide bonds. The van der Waals surface area contributed by atoms with E-state index in [0.717, 1.165) is 29.7 Å². The fourth-order valence-electron chi connectivity index (χ4n) is 4.13. The number of rotatable bonds is 5. The van der Waals surface area contributed by atoms with Crippen molar-refractivity contribution in [2.45, 2.75) is 31.7 Å². The van der Waals surface area contributed by atoms with Crippen LogP contribution in [-0.4, -0.2) is 17.5 Å². The zero-order valence-corrected chi connectivity index (χ0v) is 15.6. The molecule has 6 nitrogen and oxygen atoms in total. The molecular weight excluding hydrogens is 356 g/mol. The van der Waals surface area contributed by atoms with Crippen LogP contribution in [0.1, 0.15) is 53.2 Å². The average Bonchev–Trinajstić information content (AvgIpc) is 3.21. The van der Waals surface area contributed by atoms with Gasteiger partial charge in [0.05, 0.1) is 23.1 Å². The molecule has 0 fully saturated rings. The second-order valence-corrected chi connectivity index (χ2v) is 7.26. The Balaban J connectivity index is 1.64. The van der Waals surface area contributed by atoms with E-state index in [2.05, 4.69) is 17.5 Å². The minimum Gasteiger partial charge on any atom is -0.462 e. The lowest BCUT2D eigenvalue weighted by atomic mass is 9.76. The van der Waals surface area contributed by atoms with Crippen LogP contribution in [0.15, 0.2) is 54.6 Å². The summed E-state index contributed by atoms with van der Waals surface area (Å²) in [6, 6.07) is 12.5. The number of allylic oxidation sites excluding steroid dienone is 2. The number of nitro benzene ring substituents is 1. The number of carbonyl (C=O) groups is 1. The maximum atomic E-state index is 12.2. The summed E-state index contributed by atoms with van der Waals surface area (Å²) in [5.41, 5.74) is 3.78. The molecule has 0 radical (unpaired) electrons. The smallest absolute Gasteiger partial charge is 0.338 e. The van der Waals surface area contributed by atoms with E-state index in [0.29, 0.717) is 18.1 Å². The van der Waals surface area contributed by atoms with E-state index in [-0.39, 0.29) is 28.5 Å². The molecule has 0 bridgehead atoms. The number of nitrogens with one attached hydrogen (secondary N) is 1. The van der Waals surface area contributed by atoms with Crippen LogP contribution < -0.4 is 5.32 Å². The Morgan fingerprint density at radius 1 is 1.25 bits per heavy atom. The number of fused-ring (bicyclic) bond motifs is 3. The molecule has 0 saturated carbocycles. The molecular formula is C22H22N2O4. The molecule has 3 unspecified atom stereocenters. The second-order valence-electron chi connectivity index (χ2n) is 7.26. The normalized spacial score (nSPS) is 22.1. The predicted octanol–water partition coefficient (Wildman–Crippen LogP) is 4.99. The van der Waals surface area contributed by atoms with E-state index in [1.54, 1.807) is 18.2 Å². The highest BCUT2D eigenvalue weighted by molar-refractivity contribution is 5.90. The van der Waals surface area contributed by atoms with Gasteiger partial charge in [-0.1, -0.05) is 31.2 Å². The van der Waals surface area contributed by atoms with Crippen LogP contribution in [0.4, 0.5) is 11.4 Å². The zero-order chi connectivity index (χ0) is 19.7. The Bertz CT molecular complexity index is 936. The number of non-ortho nitro benzene ring substituents is 1. The summed E-state index contributed by atoms with van der Waals surface area (Å²) in [7, 11) is 0. The van der Waals surface area contributed by atoms with Crippen molar-refractivity contribution in [2.24, 2.45) is 5.92 Å². The summed E-state index contributed by atoms with van der Waals surface area (Å²) in [5, 5.41) is 14.5. The largest absolute Gasteiger partial charge is 0.462 e. The van der Waals surface area contributed by atoms with Crippen molar-refractivity contribution in [2.75, 3.05) is 11.9 Å². The fraction of sp³-hybridized carbons (Fsp3) is 0.318. The van der Waals surface area contributed by atoms with E-state index in [1.807, 2.05) is 31.2 Å². The van der Waals surface area contributed by atoms with Crippen LogP contribution in [0.2, 0.25) is 0 Å². The summed E-state index contributed by atoms with van der Waals surface area (Å²) in [4.78, 5) is 22.8. The quantitative estimate of drug-likeness (QED) is 0.343. The molecule has 1 aliphatic carbocycles. The van der Waals surface area contributed by atoms with Crippen molar-refractivity contribution >= 4 is 17.3 Å². The van der Waals surface area contributed by atoms with Crippen molar-refractivity contribution in [1.82, 2.24) is 0 Å². The van der Waals surface area contributed by atoms with Gasteiger partial charge in [-0.05, 0) is 48.1 Å². The summed E-state index contributed by atoms with van der Waals surface area (Å²) in [6.07, 6.45) is 6.09. The molecule has 1 N–H and O–H groups in total. The first-order chi connectivity index (χ1) is 13.6. The number of nitrogens with zero attached hydrogens (tertiary/aromatic N) is 1. The van der Waals surface area contributed by atoms with Gasteiger partial charge in [0, 0.05) is 23.7 Å². The summed E-state index contributed by atoms with van der Waals surface area (Å²) in [6.45, 7) is 2.39. The number of carbonyl (C=O) groups excluding carboxylic acids is 1. The highest BCUT2D eigenvalue weighted by Gasteiger charge is 2.38. The molecule has 144 valence electrons. The topological polar surface area (TPSA) is 81.5 Å². The van der Waals surface area contributed by atoms with Crippen molar-refractivity contribution in [3.8, 4) is 0 Å². The van der Waals surface area contributed by atoms with Gasteiger partial charge >= 0.3 is 5.97 Å². The van der Waals surface area contributed by atoms with Crippen LogP contribution in [0.3, 0.4) is 0 Å². The highest BCUT2D eigenvalue weighted by Crippen LogP contribution is 2.50. The fourth-order valence-corrected chi connectivity index (χ4v) is 4.13. The van der Waals surface area contributed by atoms with E-state index < -0.39 is 0 Å². The number of hydrogen-bond donors (Lipinski definition) is 1. The molecule has 6 heteroatoms. The van der Waals surface area contributed by atoms with Crippen LogP contribution in [0, 0.1) is 16.0 Å². The second kappa shape index (κ2) is 7.46.